The molecule has 1 aliphatic heterocycles. The van der Waals surface area contributed by atoms with Crippen molar-refractivity contribution in [2.24, 2.45) is 5.92 Å². The molecule has 1 aliphatic rings. The number of benzene rings is 1. The Morgan fingerprint density at radius 2 is 2.03 bits per heavy atom. The van der Waals surface area contributed by atoms with Crippen LogP contribution in [-0.4, -0.2) is 44.9 Å². The van der Waals surface area contributed by atoms with Crippen LogP contribution in [0.25, 0.3) is 11.4 Å². The van der Waals surface area contributed by atoms with Crippen LogP contribution in [-0.2, 0) is 16.0 Å². The van der Waals surface area contributed by atoms with Gasteiger partial charge in [-0.1, -0.05) is 41.6 Å². The van der Waals surface area contributed by atoms with Gasteiger partial charge >= 0.3 is 0 Å². The molecule has 2 aromatic heterocycles. The Kier molecular flexibility index (Phi) is 6.89. The van der Waals surface area contributed by atoms with Crippen LogP contribution in [0.3, 0.4) is 0 Å². The molecule has 1 aromatic carbocycles. The second-order valence-electron chi connectivity index (χ2n) is 8.12. The predicted molar refractivity (Wildman–Crippen MR) is 120 cm³/mol. The van der Waals surface area contributed by atoms with Gasteiger partial charge in [0.05, 0.1) is 5.92 Å². The molecule has 1 saturated heterocycles. The normalized spacial score (nSPS) is 16.0. The molecular weight excluding hydrogens is 406 g/mol. The standard InChI is InChI=1S/C24H27N5O3/c1-17-12-13-20(25-15-17)26-24(31)19-9-6-14-29(16-19)22(30)11-5-10-21-27-23(28-32-21)18-7-3-2-4-8-18/h2-4,7-8,12-13,15,19H,5-6,9-11,14,16H2,1H3,(H,25,26,31)/t19-/m0/s1. The molecule has 8 heteroatoms. The third-order valence-electron chi connectivity index (χ3n) is 5.59. The van der Waals surface area contributed by atoms with Crippen molar-refractivity contribution in [1.29, 1.82) is 0 Å². The Bertz CT molecular complexity index is 1050. The first-order valence-electron chi connectivity index (χ1n) is 11.0. The van der Waals surface area contributed by atoms with Crippen molar-refractivity contribution in [2.45, 2.75) is 39.0 Å². The SMILES string of the molecule is Cc1ccc(NC(=O)[C@H]2CCCN(C(=O)CCCc3nc(-c4ccccc4)no3)C2)nc1. The number of carbonyl (C=O) groups is 2. The predicted octanol–water partition coefficient (Wildman–Crippen LogP) is 3.64. The minimum Gasteiger partial charge on any atom is -0.342 e. The average molecular weight is 434 g/mol. The highest BCUT2D eigenvalue weighted by Crippen LogP contribution is 2.20. The van der Waals surface area contributed by atoms with Gasteiger partial charge in [-0.3, -0.25) is 9.59 Å². The van der Waals surface area contributed by atoms with E-state index in [1.54, 1.807) is 17.2 Å². The molecule has 0 spiro atoms. The van der Waals surface area contributed by atoms with Gasteiger partial charge in [0.25, 0.3) is 0 Å². The maximum Gasteiger partial charge on any atom is 0.230 e. The lowest BCUT2D eigenvalue weighted by Gasteiger charge is -2.32. The van der Waals surface area contributed by atoms with Crippen molar-refractivity contribution in [3.05, 3.63) is 60.1 Å². The third kappa shape index (κ3) is 5.57. The second kappa shape index (κ2) is 10.2. The molecule has 166 valence electrons. The summed E-state index contributed by atoms with van der Waals surface area (Å²) in [5.41, 5.74) is 1.94. The maximum atomic E-state index is 12.7. The molecule has 4 rings (SSSR count). The molecule has 1 N–H and O–H groups in total. The topological polar surface area (TPSA) is 101 Å². The number of rotatable bonds is 7. The number of aromatic nitrogens is 3. The lowest BCUT2D eigenvalue weighted by Crippen LogP contribution is -2.43. The zero-order valence-electron chi connectivity index (χ0n) is 18.2. The molecule has 3 heterocycles. The Hall–Kier alpha value is -3.55. The minimum atomic E-state index is -0.222. The van der Waals surface area contributed by atoms with Gasteiger partial charge in [0, 0.05) is 37.7 Å². The fraction of sp³-hybridized carbons (Fsp3) is 0.375. The van der Waals surface area contributed by atoms with E-state index in [2.05, 4.69) is 20.4 Å². The van der Waals surface area contributed by atoms with E-state index in [0.717, 1.165) is 24.0 Å². The highest BCUT2D eigenvalue weighted by Gasteiger charge is 2.28. The highest BCUT2D eigenvalue weighted by molar-refractivity contribution is 5.92. The van der Waals surface area contributed by atoms with Crippen molar-refractivity contribution in [3.63, 3.8) is 0 Å². The summed E-state index contributed by atoms with van der Waals surface area (Å²) in [6.45, 7) is 3.07. The molecule has 0 saturated carbocycles. The van der Waals surface area contributed by atoms with Crippen LogP contribution in [0, 0.1) is 12.8 Å². The first-order chi connectivity index (χ1) is 15.6. The summed E-state index contributed by atoms with van der Waals surface area (Å²) in [5.74, 6) is 1.37. The summed E-state index contributed by atoms with van der Waals surface area (Å²) >= 11 is 0. The number of amides is 2. The van der Waals surface area contributed by atoms with Crippen LogP contribution in [0.15, 0.2) is 53.2 Å². The van der Waals surface area contributed by atoms with Crippen LogP contribution >= 0.6 is 0 Å². The zero-order valence-corrected chi connectivity index (χ0v) is 18.2. The quantitative estimate of drug-likeness (QED) is 0.610. The number of hydrogen-bond acceptors (Lipinski definition) is 6. The van der Waals surface area contributed by atoms with Gasteiger partial charge in [0.1, 0.15) is 5.82 Å². The van der Waals surface area contributed by atoms with E-state index in [1.807, 2.05) is 43.3 Å². The Labute approximate surface area is 187 Å². The third-order valence-corrected chi connectivity index (χ3v) is 5.59. The largest absolute Gasteiger partial charge is 0.342 e. The summed E-state index contributed by atoms with van der Waals surface area (Å²) in [6, 6.07) is 13.3. The van der Waals surface area contributed by atoms with Crippen molar-refractivity contribution in [2.75, 3.05) is 18.4 Å². The number of anilines is 1. The zero-order chi connectivity index (χ0) is 22.3. The number of carbonyl (C=O) groups excluding carboxylic acids is 2. The smallest absolute Gasteiger partial charge is 0.230 e. The number of nitrogens with one attached hydrogen (secondary N) is 1. The number of piperidine rings is 1. The molecule has 0 bridgehead atoms. The fourth-order valence-corrected chi connectivity index (χ4v) is 3.80. The number of likely N-dealkylation sites (tertiary alicyclic amines) is 1. The summed E-state index contributed by atoms with van der Waals surface area (Å²) in [6.07, 6.45) is 4.86. The monoisotopic (exact) mass is 433 g/mol. The van der Waals surface area contributed by atoms with E-state index in [4.69, 9.17) is 4.52 Å². The lowest BCUT2D eigenvalue weighted by atomic mass is 9.96. The number of nitrogens with zero attached hydrogens (tertiary/aromatic N) is 4. The van der Waals surface area contributed by atoms with Gasteiger partial charge < -0.3 is 14.7 Å². The molecule has 32 heavy (non-hydrogen) atoms. The molecular formula is C24H27N5O3. The summed E-state index contributed by atoms with van der Waals surface area (Å²) in [4.78, 5) is 35.7. The van der Waals surface area contributed by atoms with Gasteiger partial charge in [-0.2, -0.15) is 4.98 Å². The van der Waals surface area contributed by atoms with E-state index in [1.165, 1.54) is 0 Å². The molecule has 0 aliphatic carbocycles. The van der Waals surface area contributed by atoms with Crippen molar-refractivity contribution in [3.8, 4) is 11.4 Å². The number of hydrogen-bond donors (Lipinski definition) is 1. The molecule has 1 atom stereocenters. The number of pyridine rings is 1. The van der Waals surface area contributed by atoms with Crippen LogP contribution in [0.1, 0.15) is 37.1 Å². The van der Waals surface area contributed by atoms with E-state index in [9.17, 15) is 9.59 Å². The Morgan fingerprint density at radius 3 is 2.81 bits per heavy atom. The van der Waals surface area contributed by atoms with Gasteiger partial charge in [-0.05, 0) is 37.8 Å². The van der Waals surface area contributed by atoms with Gasteiger partial charge in [0.15, 0.2) is 0 Å². The summed E-state index contributed by atoms with van der Waals surface area (Å²) in [5, 5.41) is 6.87. The maximum absolute atomic E-state index is 12.7. The minimum absolute atomic E-state index is 0.0544. The first-order valence-corrected chi connectivity index (χ1v) is 11.0. The number of aryl methyl sites for hydroxylation is 2. The molecule has 1 fully saturated rings. The van der Waals surface area contributed by atoms with Crippen molar-refractivity contribution < 1.29 is 14.1 Å². The Balaban J connectivity index is 1.24. The molecule has 8 nitrogen and oxygen atoms in total. The summed E-state index contributed by atoms with van der Waals surface area (Å²) in [7, 11) is 0. The van der Waals surface area contributed by atoms with Crippen LogP contribution < -0.4 is 5.32 Å². The fourth-order valence-electron chi connectivity index (χ4n) is 3.80. The van der Waals surface area contributed by atoms with Crippen LogP contribution in [0.4, 0.5) is 5.82 Å². The van der Waals surface area contributed by atoms with Crippen LogP contribution in [0.2, 0.25) is 0 Å². The van der Waals surface area contributed by atoms with E-state index in [-0.39, 0.29) is 17.7 Å². The average Bonchev–Trinajstić information content (AvgIpc) is 3.30. The first kappa shape index (κ1) is 21.7. The van der Waals surface area contributed by atoms with E-state index < -0.39 is 0 Å². The van der Waals surface area contributed by atoms with Gasteiger partial charge in [-0.25, -0.2) is 4.98 Å². The molecule has 0 radical (unpaired) electrons. The second-order valence-corrected chi connectivity index (χ2v) is 8.12. The van der Waals surface area contributed by atoms with Crippen molar-refractivity contribution >= 4 is 17.6 Å². The highest BCUT2D eigenvalue weighted by atomic mass is 16.5. The van der Waals surface area contributed by atoms with Crippen LogP contribution in [0.5, 0.6) is 0 Å². The summed E-state index contributed by atoms with van der Waals surface area (Å²) < 4.78 is 5.31. The molecule has 0 unspecified atom stereocenters. The van der Waals surface area contributed by atoms with Crippen molar-refractivity contribution in [1.82, 2.24) is 20.0 Å². The van der Waals surface area contributed by atoms with Gasteiger partial charge in [-0.15, -0.1) is 0 Å². The Morgan fingerprint density at radius 1 is 1.19 bits per heavy atom. The van der Waals surface area contributed by atoms with E-state index >= 15 is 0 Å². The van der Waals surface area contributed by atoms with Gasteiger partial charge in [0.2, 0.25) is 23.5 Å². The van der Waals surface area contributed by atoms with E-state index in [0.29, 0.717) is 49.9 Å². The molecule has 3 aromatic rings. The molecule has 2 amide bonds. The lowest BCUT2D eigenvalue weighted by molar-refractivity contribution is -0.134.